The number of nitrogens with one attached hydrogen (secondary N) is 1. The van der Waals surface area contributed by atoms with Gasteiger partial charge in [0.05, 0.1) is 12.7 Å². The first kappa shape index (κ1) is 18.4. The summed E-state index contributed by atoms with van der Waals surface area (Å²) in [5.74, 6) is 0.204. The van der Waals surface area contributed by atoms with Gasteiger partial charge in [-0.1, -0.05) is 13.3 Å². The van der Waals surface area contributed by atoms with E-state index in [2.05, 4.69) is 5.32 Å². The largest absolute Gasteiger partial charge is 0.379 e. The Morgan fingerprint density at radius 2 is 2.19 bits per heavy atom. The number of carbonyl (C=O) groups excluding carboxylic acids is 1. The predicted molar refractivity (Wildman–Crippen MR) is 84.1 cm³/mol. The van der Waals surface area contributed by atoms with Crippen LogP contribution in [0.4, 0.5) is 0 Å². The van der Waals surface area contributed by atoms with Crippen LogP contribution < -0.4 is 11.1 Å². The molecule has 3 unspecified atom stereocenters. The van der Waals surface area contributed by atoms with Crippen LogP contribution in [0.25, 0.3) is 0 Å². The van der Waals surface area contributed by atoms with Crippen LogP contribution in [0.15, 0.2) is 0 Å². The highest BCUT2D eigenvalue weighted by Crippen LogP contribution is 2.12. The lowest BCUT2D eigenvalue weighted by atomic mass is 10.0. The second-order valence-electron chi connectivity index (χ2n) is 6.16. The minimum Gasteiger partial charge on any atom is -0.379 e. The Kier molecular flexibility index (Phi) is 9.63. The van der Waals surface area contributed by atoms with Crippen LogP contribution in [0.3, 0.4) is 0 Å². The highest BCUT2D eigenvalue weighted by atomic mass is 16.5. The van der Waals surface area contributed by atoms with Crippen LogP contribution in [0, 0.1) is 5.92 Å². The summed E-state index contributed by atoms with van der Waals surface area (Å²) in [6.07, 6.45) is 6.28. The van der Waals surface area contributed by atoms with E-state index in [1.165, 1.54) is 0 Å². The molecule has 1 aliphatic rings. The van der Waals surface area contributed by atoms with Crippen LogP contribution >= 0.6 is 0 Å². The van der Waals surface area contributed by atoms with Gasteiger partial charge in [0.15, 0.2) is 0 Å². The highest BCUT2D eigenvalue weighted by Gasteiger charge is 2.15. The molecular weight excluding hydrogens is 268 g/mol. The number of carbonyl (C=O) groups is 1. The molecule has 1 heterocycles. The summed E-state index contributed by atoms with van der Waals surface area (Å²) in [4.78, 5) is 11.9. The van der Waals surface area contributed by atoms with Crippen molar-refractivity contribution in [3.63, 3.8) is 0 Å². The lowest BCUT2D eigenvalue weighted by Gasteiger charge is -2.13. The van der Waals surface area contributed by atoms with Crippen molar-refractivity contribution in [3.05, 3.63) is 0 Å². The van der Waals surface area contributed by atoms with E-state index >= 15 is 0 Å². The molecule has 3 N–H and O–H groups in total. The van der Waals surface area contributed by atoms with E-state index in [-0.39, 0.29) is 24.0 Å². The first-order valence-corrected chi connectivity index (χ1v) is 8.32. The van der Waals surface area contributed by atoms with Gasteiger partial charge < -0.3 is 20.5 Å². The van der Waals surface area contributed by atoms with Crippen molar-refractivity contribution < 1.29 is 14.3 Å². The molecular formula is C16H32N2O3. The number of rotatable bonds is 11. The molecule has 0 aromatic heterocycles. The number of ether oxygens (including phenoxy) is 2. The maximum absolute atomic E-state index is 11.9. The Balaban J connectivity index is 1.92. The third-order valence-electron chi connectivity index (χ3n) is 3.84. The van der Waals surface area contributed by atoms with Crippen molar-refractivity contribution in [3.8, 4) is 0 Å². The van der Waals surface area contributed by atoms with Gasteiger partial charge in [-0.3, -0.25) is 4.79 Å². The normalized spacial score (nSPS) is 21.2. The van der Waals surface area contributed by atoms with Gasteiger partial charge in [0.25, 0.3) is 0 Å². The summed E-state index contributed by atoms with van der Waals surface area (Å²) >= 11 is 0. The van der Waals surface area contributed by atoms with Crippen LogP contribution in [0.1, 0.15) is 52.4 Å². The van der Waals surface area contributed by atoms with Gasteiger partial charge in [-0.2, -0.15) is 0 Å². The molecule has 124 valence electrons. The number of hydrogen-bond donors (Lipinski definition) is 2. The Hall–Kier alpha value is -0.650. The molecule has 5 heteroatoms. The Labute approximate surface area is 128 Å². The average molecular weight is 300 g/mol. The molecule has 1 fully saturated rings. The van der Waals surface area contributed by atoms with E-state index in [4.69, 9.17) is 15.2 Å². The van der Waals surface area contributed by atoms with Gasteiger partial charge >= 0.3 is 0 Å². The Morgan fingerprint density at radius 1 is 1.38 bits per heavy atom. The fourth-order valence-corrected chi connectivity index (χ4v) is 2.43. The molecule has 1 rings (SSSR count). The summed E-state index contributed by atoms with van der Waals surface area (Å²) in [7, 11) is 0. The smallest absolute Gasteiger partial charge is 0.222 e. The molecule has 1 saturated heterocycles. The molecule has 0 aromatic rings. The summed E-state index contributed by atoms with van der Waals surface area (Å²) < 4.78 is 11.0. The standard InChI is InChI=1S/C16H32N2O3/c1-13(6-3-7-14(2)17)16(19)18-9-5-10-20-12-15-8-4-11-21-15/h13-15H,3-12,17H2,1-2H3,(H,18,19). The minimum absolute atomic E-state index is 0.0663. The zero-order chi connectivity index (χ0) is 15.5. The fraction of sp³-hybridized carbons (Fsp3) is 0.938. The maximum Gasteiger partial charge on any atom is 0.222 e. The molecule has 0 spiro atoms. The Morgan fingerprint density at radius 3 is 2.86 bits per heavy atom. The minimum atomic E-state index is 0.0663. The molecule has 5 nitrogen and oxygen atoms in total. The quantitative estimate of drug-likeness (QED) is 0.571. The summed E-state index contributed by atoms with van der Waals surface area (Å²) in [5.41, 5.74) is 5.70. The van der Waals surface area contributed by atoms with Crippen LogP contribution in [-0.2, 0) is 14.3 Å². The van der Waals surface area contributed by atoms with E-state index in [1.807, 2.05) is 13.8 Å². The van der Waals surface area contributed by atoms with Crippen molar-refractivity contribution in [2.75, 3.05) is 26.4 Å². The summed E-state index contributed by atoms with van der Waals surface area (Å²) in [5, 5.41) is 2.97. The first-order valence-electron chi connectivity index (χ1n) is 8.32. The van der Waals surface area contributed by atoms with Gasteiger partial charge in [-0.05, 0) is 39.0 Å². The zero-order valence-corrected chi connectivity index (χ0v) is 13.6. The van der Waals surface area contributed by atoms with E-state index in [9.17, 15) is 4.79 Å². The van der Waals surface area contributed by atoms with Crippen molar-refractivity contribution in [1.29, 1.82) is 0 Å². The third-order valence-corrected chi connectivity index (χ3v) is 3.84. The molecule has 0 aromatic carbocycles. The van der Waals surface area contributed by atoms with Gasteiger partial charge in [0.1, 0.15) is 0 Å². The summed E-state index contributed by atoms with van der Waals surface area (Å²) in [6.45, 7) is 6.89. The fourth-order valence-electron chi connectivity index (χ4n) is 2.43. The molecule has 0 aliphatic carbocycles. The van der Waals surface area contributed by atoms with Crippen molar-refractivity contribution in [2.24, 2.45) is 11.7 Å². The van der Waals surface area contributed by atoms with Crippen molar-refractivity contribution in [2.45, 2.75) is 64.5 Å². The first-order chi connectivity index (χ1) is 10.1. The SMILES string of the molecule is CC(N)CCCC(C)C(=O)NCCCOCC1CCCO1. The monoisotopic (exact) mass is 300 g/mol. The topological polar surface area (TPSA) is 73.6 Å². The van der Waals surface area contributed by atoms with Gasteiger partial charge in [-0.15, -0.1) is 0 Å². The zero-order valence-electron chi connectivity index (χ0n) is 13.6. The second kappa shape index (κ2) is 11.0. The number of amides is 1. The van der Waals surface area contributed by atoms with Crippen LogP contribution in [0.2, 0.25) is 0 Å². The lowest BCUT2D eigenvalue weighted by molar-refractivity contribution is -0.124. The lowest BCUT2D eigenvalue weighted by Crippen LogP contribution is -2.31. The molecule has 1 aliphatic heterocycles. The third kappa shape index (κ3) is 9.06. The highest BCUT2D eigenvalue weighted by molar-refractivity contribution is 5.78. The maximum atomic E-state index is 11.9. The molecule has 0 saturated carbocycles. The second-order valence-corrected chi connectivity index (χ2v) is 6.16. The van der Waals surface area contributed by atoms with E-state index in [0.717, 1.165) is 45.1 Å². The molecule has 1 amide bonds. The van der Waals surface area contributed by atoms with Crippen LogP contribution in [-0.4, -0.2) is 44.4 Å². The van der Waals surface area contributed by atoms with Crippen molar-refractivity contribution in [1.82, 2.24) is 5.32 Å². The molecule has 3 atom stereocenters. The average Bonchev–Trinajstić information content (AvgIpc) is 2.95. The predicted octanol–water partition coefficient (Wildman–Crippen LogP) is 1.84. The van der Waals surface area contributed by atoms with Crippen molar-refractivity contribution >= 4 is 5.91 Å². The Bertz CT molecular complexity index is 279. The summed E-state index contributed by atoms with van der Waals surface area (Å²) in [6, 6.07) is 0.223. The molecule has 21 heavy (non-hydrogen) atoms. The van der Waals surface area contributed by atoms with Gasteiger partial charge in [0, 0.05) is 31.7 Å². The van der Waals surface area contributed by atoms with E-state index < -0.39 is 0 Å². The van der Waals surface area contributed by atoms with E-state index in [1.54, 1.807) is 0 Å². The molecule has 0 bridgehead atoms. The van der Waals surface area contributed by atoms with Gasteiger partial charge in [0.2, 0.25) is 5.91 Å². The van der Waals surface area contributed by atoms with Gasteiger partial charge in [-0.25, -0.2) is 0 Å². The van der Waals surface area contributed by atoms with E-state index in [0.29, 0.717) is 19.8 Å². The number of nitrogens with two attached hydrogens (primary N) is 1. The van der Waals surface area contributed by atoms with Crippen LogP contribution in [0.5, 0.6) is 0 Å². The number of hydrogen-bond acceptors (Lipinski definition) is 4. The molecule has 0 radical (unpaired) electrons.